The van der Waals surface area contributed by atoms with Crippen LogP contribution >= 0.6 is 11.3 Å². The molecule has 0 aliphatic carbocycles. The van der Waals surface area contributed by atoms with Crippen molar-refractivity contribution in [2.75, 3.05) is 24.3 Å². The van der Waals surface area contributed by atoms with Gasteiger partial charge in [0.25, 0.3) is 5.56 Å². The van der Waals surface area contributed by atoms with Crippen molar-refractivity contribution in [3.05, 3.63) is 85.9 Å². The van der Waals surface area contributed by atoms with Gasteiger partial charge in [-0.3, -0.25) is 14.2 Å². The summed E-state index contributed by atoms with van der Waals surface area (Å²) < 4.78 is 2.94. The molecule has 2 aromatic carbocycles. The first kappa shape index (κ1) is 21.6. The van der Waals surface area contributed by atoms with Gasteiger partial charge in [0.15, 0.2) is 0 Å². The molecule has 2 heterocycles. The number of hydrogen-bond acceptors (Lipinski definition) is 5. The van der Waals surface area contributed by atoms with E-state index >= 15 is 0 Å². The minimum absolute atomic E-state index is 0.202. The van der Waals surface area contributed by atoms with Crippen molar-refractivity contribution in [1.82, 2.24) is 9.13 Å². The topological polar surface area (TPSA) is 76.3 Å². The lowest BCUT2D eigenvalue weighted by molar-refractivity contribution is -0.116. The summed E-state index contributed by atoms with van der Waals surface area (Å²) in [5.74, 6) is -0.345. The minimum Gasteiger partial charge on any atom is -0.378 e. The standard InChI is InChI=1S/C24H24N4O3S/c1-15-11-16(2)13-19(12-15)28-23(30)22-20(9-10-32-22)27(24(28)31)14-21(29)25-17-5-7-18(8-6-17)26(3)4/h5-13H,14H2,1-4H3,(H,25,29). The van der Waals surface area contributed by atoms with Gasteiger partial charge in [0, 0.05) is 25.5 Å². The Kier molecular flexibility index (Phi) is 5.71. The summed E-state index contributed by atoms with van der Waals surface area (Å²) in [5, 5.41) is 4.59. The van der Waals surface area contributed by atoms with Crippen molar-refractivity contribution < 1.29 is 4.79 Å². The zero-order valence-electron chi connectivity index (χ0n) is 18.4. The third-order valence-corrected chi connectivity index (χ3v) is 6.08. The highest BCUT2D eigenvalue weighted by molar-refractivity contribution is 7.17. The van der Waals surface area contributed by atoms with Gasteiger partial charge in [0.2, 0.25) is 5.91 Å². The fraction of sp³-hybridized carbons (Fsp3) is 0.208. The van der Waals surface area contributed by atoms with Crippen LogP contribution in [0.2, 0.25) is 0 Å². The smallest absolute Gasteiger partial charge is 0.336 e. The average Bonchev–Trinajstić information content (AvgIpc) is 3.21. The lowest BCUT2D eigenvalue weighted by atomic mass is 10.1. The third kappa shape index (κ3) is 4.09. The van der Waals surface area contributed by atoms with Gasteiger partial charge in [0.05, 0.1) is 11.2 Å². The number of aromatic nitrogens is 2. The van der Waals surface area contributed by atoms with Crippen LogP contribution in [-0.2, 0) is 11.3 Å². The fourth-order valence-electron chi connectivity index (χ4n) is 3.73. The van der Waals surface area contributed by atoms with Gasteiger partial charge in [-0.15, -0.1) is 11.3 Å². The molecule has 0 aliphatic rings. The first-order valence-electron chi connectivity index (χ1n) is 10.1. The van der Waals surface area contributed by atoms with E-state index in [2.05, 4.69) is 5.32 Å². The monoisotopic (exact) mass is 448 g/mol. The predicted molar refractivity (Wildman–Crippen MR) is 131 cm³/mol. The van der Waals surface area contributed by atoms with Gasteiger partial charge < -0.3 is 10.2 Å². The van der Waals surface area contributed by atoms with Crippen LogP contribution in [0.15, 0.2) is 63.5 Å². The maximum atomic E-state index is 13.4. The average molecular weight is 449 g/mol. The molecule has 0 atom stereocenters. The lowest BCUT2D eigenvalue weighted by Gasteiger charge is -2.14. The molecule has 0 radical (unpaired) electrons. The molecule has 0 unspecified atom stereocenters. The lowest BCUT2D eigenvalue weighted by Crippen LogP contribution is -2.40. The van der Waals surface area contributed by atoms with Crippen molar-refractivity contribution in [3.63, 3.8) is 0 Å². The molecule has 32 heavy (non-hydrogen) atoms. The number of hydrogen-bond donors (Lipinski definition) is 1. The number of nitrogens with one attached hydrogen (secondary N) is 1. The molecular formula is C24H24N4O3S. The van der Waals surface area contributed by atoms with Crippen LogP contribution < -0.4 is 21.5 Å². The maximum Gasteiger partial charge on any atom is 0.336 e. The second kappa shape index (κ2) is 8.47. The predicted octanol–water partition coefficient (Wildman–Crippen LogP) is 3.54. The van der Waals surface area contributed by atoms with Crippen molar-refractivity contribution in [3.8, 4) is 5.69 Å². The molecule has 4 aromatic rings. The summed E-state index contributed by atoms with van der Waals surface area (Å²) in [5.41, 5.74) is 3.60. The van der Waals surface area contributed by atoms with E-state index < -0.39 is 5.69 Å². The van der Waals surface area contributed by atoms with E-state index in [1.165, 1.54) is 15.9 Å². The van der Waals surface area contributed by atoms with E-state index in [4.69, 9.17) is 0 Å². The molecule has 0 bridgehead atoms. The number of aryl methyl sites for hydroxylation is 2. The summed E-state index contributed by atoms with van der Waals surface area (Å²) in [4.78, 5) is 41.2. The van der Waals surface area contributed by atoms with Crippen molar-refractivity contribution in [1.29, 1.82) is 0 Å². The highest BCUT2D eigenvalue weighted by Crippen LogP contribution is 2.19. The number of rotatable bonds is 5. The Labute approximate surface area is 189 Å². The highest BCUT2D eigenvalue weighted by atomic mass is 32.1. The number of thiophene rings is 1. The molecule has 2 aromatic heterocycles. The van der Waals surface area contributed by atoms with Crippen molar-refractivity contribution >= 4 is 38.8 Å². The number of benzene rings is 2. The SMILES string of the molecule is Cc1cc(C)cc(-n2c(=O)c3sccc3n(CC(=O)Nc3ccc(N(C)C)cc3)c2=O)c1. The zero-order valence-corrected chi connectivity index (χ0v) is 19.2. The molecule has 0 saturated heterocycles. The van der Waals surface area contributed by atoms with Gasteiger partial charge in [-0.25, -0.2) is 9.36 Å². The first-order chi connectivity index (χ1) is 15.2. The van der Waals surface area contributed by atoms with Gasteiger partial charge >= 0.3 is 5.69 Å². The van der Waals surface area contributed by atoms with E-state index in [0.29, 0.717) is 21.6 Å². The molecule has 0 fully saturated rings. The molecule has 8 heteroatoms. The minimum atomic E-state index is -0.538. The maximum absolute atomic E-state index is 13.4. The summed E-state index contributed by atoms with van der Waals surface area (Å²) >= 11 is 1.26. The molecule has 0 spiro atoms. The van der Waals surface area contributed by atoms with Crippen LogP contribution in [0.5, 0.6) is 0 Å². The molecular weight excluding hydrogens is 424 g/mol. The van der Waals surface area contributed by atoms with Gasteiger partial charge in [-0.1, -0.05) is 6.07 Å². The highest BCUT2D eigenvalue weighted by Gasteiger charge is 2.18. The number of anilines is 2. The third-order valence-electron chi connectivity index (χ3n) is 5.19. The molecule has 164 valence electrons. The van der Waals surface area contributed by atoms with Crippen molar-refractivity contribution in [2.24, 2.45) is 0 Å². The molecule has 1 amide bonds. The molecule has 1 N–H and O–H groups in total. The van der Waals surface area contributed by atoms with E-state index in [9.17, 15) is 14.4 Å². The zero-order chi connectivity index (χ0) is 23.0. The van der Waals surface area contributed by atoms with Crippen molar-refractivity contribution in [2.45, 2.75) is 20.4 Å². The Balaban J connectivity index is 1.74. The van der Waals surface area contributed by atoms with Gasteiger partial charge in [-0.05, 0) is 72.8 Å². The summed E-state index contributed by atoms with van der Waals surface area (Å²) in [6.45, 7) is 3.63. The first-order valence-corrected chi connectivity index (χ1v) is 11.0. The van der Waals surface area contributed by atoms with Crippen LogP contribution in [0.4, 0.5) is 11.4 Å². The Morgan fingerprint density at radius 2 is 1.66 bits per heavy atom. The van der Waals surface area contributed by atoms with Crippen LogP contribution in [0.3, 0.4) is 0 Å². The van der Waals surface area contributed by atoms with E-state index in [0.717, 1.165) is 21.4 Å². The molecule has 0 aliphatic heterocycles. The Morgan fingerprint density at radius 3 is 2.28 bits per heavy atom. The van der Waals surface area contributed by atoms with E-state index in [1.807, 2.05) is 63.2 Å². The van der Waals surface area contributed by atoms with Gasteiger partial charge in [0.1, 0.15) is 11.2 Å². The number of nitrogens with zero attached hydrogens (tertiary/aromatic N) is 3. The Morgan fingerprint density at radius 1 is 1.00 bits per heavy atom. The number of amides is 1. The Hall–Kier alpha value is -3.65. The Bertz CT molecular complexity index is 1410. The molecule has 4 rings (SSSR count). The van der Waals surface area contributed by atoms with Gasteiger partial charge in [-0.2, -0.15) is 0 Å². The van der Waals surface area contributed by atoms with Crippen LogP contribution in [0.25, 0.3) is 15.9 Å². The second-order valence-electron chi connectivity index (χ2n) is 7.98. The number of fused-ring (bicyclic) bond motifs is 1. The second-order valence-corrected chi connectivity index (χ2v) is 8.90. The van der Waals surface area contributed by atoms with Crippen LogP contribution in [0.1, 0.15) is 11.1 Å². The number of carbonyl (C=O) groups excluding carboxylic acids is 1. The number of carbonyl (C=O) groups is 1. The quantitative estimate of drug-likeness (QED) is 0.507. The summed E-state index contributed by atoms with van der Waals surface area (Å²) in [6.07, 6.45) is 0. The van der Waals surface area contributed by atoms with Crippen LogP contribution in [-0.4, -0.2) is 29.1 Å². The molecule has 0 saturated carbocycles. The van der Waals surface area contributed by atoms with Crippen LogP contribution in [0, 0.1) is 13.8 Å². The van der Waals surface area contributed by atoms with E-state index in [1.54, 1.807) is 23.6 Å². The largest absolute Gasteiger partial charge is 0.378 e. The van der Waals surface area contributed by atoms with E-state index in [-0.39, 0.29) is 18.0 Å². The normalized spacial score (nSPS) is 11.0. The summed E-state index contributed by atoms with van der Waals surface area (Å²) in [6, 6.07) is 14.7. The summed E-state index contributed by atoms with van der Waals surface area (Å²) in [7, 11) is 3.88. The molecule has 7 nitrogen and oxygen atoms in total. The fourth-order valence-corrected chi connectivity index (χ4v) is 4.56.